The summed E-state index contributed by atoms with van der Waals surface area (Å²) in [6.45, 7) is 4.94. The van der Waals surface area contributed by atoms with Gasteiger partial charge in [-0.05, 0) is 37.6 Å². The Labute approximate surface area is 118 Å². The summed E-state index contributed by atoms with van der Waals surface area (Å²) >= 11 is 0. The molecule has 0 aliphatic heterocycles. The van der Waals surface area contributed by atoms with E-state index in [-0.39, 0.29) is 11.6 Å². The van der Waals surface area contributed by atoms with E-state index >= 15 is 0 Å². The van der Waals surface area contributed by atoms with Crippen molar-refractivity contribution < 1.29 is 9.18 Å². The lowest BCUT2D eigenvalue weighted by molar-refractivity contribution is 0.101. The first-order valence-corrected chi connectivity index (χ1v) is 6.71. The van der Waals surface area contributed by atoms with Gasteiger partial charge in [0.05, 0.1) is 0 Å². The molecule has 0 saturated carbocycles. The Morgan fingerprint density at radius 1 is 1.15 bits per heavy atom. The van der Waals surface area contributed by atoms with Gasteiger partial charge in [-0.15, -0.1) is 0 Å². The molecule has 0 spiro atoms. The maximum atomic E-state index is 13.3. The number of rotatable bonds is 5. The third kappa shape index (κ3) is 3.23. The molecule has 3 heteroatoms. The molecule has 0 radical (unpaired) electrons. The largest absolute Gasteiger partial charge is 0.367 e. The van der Waals surface area contributed by atoms with Crippen LogP contribution in [0.4, 0.5) is 10.1 Å². The SMILES string of the molecule is CCN(Cc1ccccc1)c1ccc(F)cc1C(C)=O. The standard InChI is InChI=1S/C17H18FNO/c1-3-19(12-14-7-5-4-6-8-14)17-10-9-15(18)11-16(17)13(2)20/h4-11H,3,12H2,1-2H3. The third-order valence-electron chi connectivity index (χ3n) is 3.28. The summed E-state index contributed by atoms with van der Waals surface area (Å²) in [7, 11) is 0. The highest BCUT2D eigenvalue weighted by Gasteiger charge is 2.14. The quantitative estimate of drug-likeness (QED) is 0.764. The van der Waals surface area contributed by atoms with Crippen molar-refractivity contribution in [2.75, 3.05) is 11.4 Å². The minimum atomic E-state index is -0.380. The molecule has 0 amide bonds. The van der Waals surface area contributed by atoms with Crippen LogP contribution in [0.2, 0.25) is 0 Å². The number of anilines is 1. The summed E-state index contributed by atoms with van der Waals surface area (Å²) in [6, 6.07) is 14.4. The average molecular weight is 271 g/mol. The number of Topliss-reactive ketones (excluding diaryl/α,β-unsaturated/α-hetero) is 1. The zero-order valence-electron chi connectivity index (χ0n) is 11.8. The molecule has 0 unspecified atom stereocenters. The first kappa shape index (κ1) is 14.3. The van der Waals surface area contributed by atoms with Crippen molar-refractivity contribution in [1.29, 1.82) is 0 Å². The van der Waals surface area contributed by atoms with E-state index in [1.54, 1.807) is 6.07 Å². The zero-order valence-corrected chi connectivity index (χ0v) is 11.8. The molecule has 2 aromatic rings. The van der Waals surface area contributed by atoms with Gasteiger partial charge in [0.2, 0.25) is 0 Å². The van der Waals surface area contributed by atoms with Crippen LogP contribution in [0.3, 0.4) is 0 Å². The second-order valence-corrected chi connectivity index (χ2v) is 4.72. The third-order valence-corrected chi connectivity index (χ3v) is 3.28. The van der Waals surface area contributed by atoms with Gasteiger partial charge in [0.15, 0.2) is 5.78 Å². The fourth-order valence-electron chi connectivity index (χ4n) is 2.24. The van der Waals surface area contributed by atoms with E-state index in [9.17, 15) is 9.18 Å². The molecule has 0 heterocycles. The average Bonchev–Trinajstić information content (AvgIpc) is 2.46. The van der Waals surface area contributed by atoms with Gasteiger partial charge in [-0.25, -0.2) is 4.39 Å². The number of hydrogen-bond donors (Lipinski definition) is 0. The number of hydrogen-bond acceptors (Lipinski definition) is 2. The number of carbonyl (C=O) groups excluding carboxylic acids is 1. The predicted octanol–water partition coefficient (Wildman–Crippen LogP) is 4.05. The molecule has 0 fully saturated rings. The Balaban J connectivity index is 2.34. The van der Waals surface area contributed by atoms with Crippen LogP contribution in [-0.4, -0.2) is 12.3 Å². The van der Waals surface area contributed by atoms with E-state index in [1.165, 1.54) is 19.1 Å². The van der Waals surface area contributed by atoms with Crippen LogP contribution in [0.15, 0.2) is 48.5 Å². The lowest BCUT2D eigenvalue weighted by atomic mass is 10.1. The topological polar surface area (TPSA) is 20.3 Å². The number of nitrogens with zero attached hydrogens (tertiary/aromatic N) is 1. The van der Waals surface area contributed by atoms with Gasteiger partial charge in [0.1, 0.15) is 5.82 Å². The normalized spacial score (nSPS) is 10.3. The van der Waals surface area contributed by atoms with Crippen LogP contribution in [0, 0.1) is 5.82 Å². The lowest BCUT2D eigenvalue weighted by Crippen LogP contribution is -2.24. The van der Waals surface area contributed by atoms with Crippen LogP contribution in [0.25, 0.3) is 0 Å². The molecular weight excluding hydrogens is 253 g/mol. The molecule has 0 N–H and O–H groups in total. The number of halogens is 1. The Kier molecular flexibility index (Phi) is 4.51. The van der Waals surface area contributed by atoms with Gasteiger partial charge in [-0.2, -0.15) is 0 Å². The molecule has 20 heavy (non-hydrogen) atoms. The Hall–Kier alpha value is -2.16. The van der Waals surface area contributed by atoms with Crippen molar-refractivity contribution in [2.45, 2.75) is 20.4 Å². The van der Waals surface area contributed by atoms with E-state index in [1.807, 2.05) is 37.3 Å². The summed E-state index contributed by atoms with van der Waals surface area (Å²) in [5.41, 5.74) is 2.38. The molecule has 2 nitrogen and oxygen atoms in total. The van der Waals surface area contributed by atoms with E-state index < -0.39 is 0 Å². The number of ketones is 1. The molecule has 0 atom stereocenters. The van der Waals surface area contributed by atoms with E-state index in [0.717, 1.165) is 17.8 Å². The molecule has 0 bridgehead atoms. The molecule has 0 aromatic heterocycles. The Morgan fingerprint density at radius 3 is 2.45 bits per heavy atom. The van der Waals surface area contributed by atoms with E-state index in [2.05, 4.69) is 4.90 Å². The second kappa shape index (κ2) is 6.33. The van der Waals surface area contributed by atoms with Crippen molar-refractivity contribution in [3.8, 4) is 0 Å². The highest BCUT2D eigenvalue weighted by Crippen LogP contribution is 2.24. The van der Waals surface area contributed by atoms with Gasteiger partial charge in [0.25, 0.3) is 0 Å². The zero-order chi connectivity index (χ0) is 14.5. The molecule has 0 saturated heterocycles. The van der Waals surface area contributed by atoms with Crippen LogP contribution >= 0.6 is 0 Å². The smallest absolute Gasteiger partial charge is 0.161 e. The van der Waals surface area contributed by atoms with Gasteiger partial charge < -0.3 is 4.90 Å². The second-order valence-electron chi connectivity index (χ2n) is 4.72. The first-order valence-electron chi connectivity index (χ1n) is 6.71. The Bertz CT molecular complexity index is 595. The minimum absolute atomic E-state index is 0.119. The van der Waals surface area contributed by atoms with Crippen LogP contribution in [0.5, 0.6) is 0 Å². The van der Waals surface area contributed by atoms with Gasteiger partial charge in [-0.3, -0.25) is 4.79 Å². The van der Waals surface area contributed by atoms with Crippen LogP contribution in [-0.2, 0) is 6.54 Å². The van der Waals surface area contributed by atoms with Gasteiger partial charge >= 0.3 is 0 Å². The molecule has 2 aromatic carbocycles. The number of carbonyl (C=O) groups is 1. The van der Waals surface area contributed by atoms with Gasteiger partial charge in [-0.1, -0.05) is 30.3 Å². The van der Waals surface area contributed by atoms with Crippen molar-refractivity contribution in [1.82, 2.24) is 0 Å². The van der Waals surface area contributed by atoms with E-state index in [0.29, 0.717) is 12.1 Å². The minimum Gasteiger partial charge on any atom is -0.367 e. The molecule has 2 rings (SSSR count). The number of benzene rings is 2. The van der Waals surface area contributed by atoms with Crippen molar-refractivity contribution in [2.24, 2.45) is 0 Å². The van der Waals surface area contributed by atoms with Crippen LogP contribution in [0.1, 0.15) is 29.8 Å². The highest BCUT2D eigenvalue weighted by molar-refractivity contribution is 5.99. The summed E-state index contributed by atoms with van der Waals surface area (Å²) in [6.07, 6.45) is 0. The maximum Gasteiger partial charge on any atom is 0.161 e. The first-order chi connectivity index (χ1) is 9.61. The summed E-state index contributed by atoms with van der Waals surface area (Å²) in [5.74, 6) is -0.499. The fourth-order valence-corrected chi connectivity index (χ4v) is 2.24. The summed E-state index contributed by atoms with van der Waals surface area (Å²) in [5, 5.41) is 0. The van der Waals surface area contributed by atoms with Crippen molar-refractivity contribution >= 4 is 11.5 Å². The Morgan fingerprint density at radius 2 is 1.85 bits per heavy atom. The predicted molar refractivity (Wildman–Crippen MR) is 79.6 cm³/mol. The monoisotopic (exact) mass is 271 g/mol. The molecular formula is C17H18FNO. The van der Waals surface area contributed by atoms with Crippen molar-refractivity contribution in [3.63, 3.8) is 0 Å². The summed E-state index contributed by atoms with van der Waals surface area (Å²) in [4.78, 5) is 13.8. The molecule has 104 valence electrons. The van der Waals surface area contributed by atoms with Crippen molar-refractivity contribution in [3.05, 3.63) is 65.5 Å². The summed E-state index contributed by atoms with van der Waals surface area (Å²) < 4.78 is 13.3. The van der Waals surface area contributed by atoms with Crippen LogP contribution < -0.4 is 4.90 Å². The fraction of sp³-hybridized carbons (Fsp3) is 0.235. The van der Waals surface area contributed by atoms with Gasteiger partial charge in [0, 0.05) is 24.3 Å². The molecule has 0 aliphatic carbocycles. The lowest BCUT2D eigenvalue weighted by Gasteiger charge is -2.25. The maximum absolute atomic E-state index is 13.3. The van der Waals surface area contributed by atoms with E-state index in [4.69, 9.17) is 0 Å². The highest BCUT2D eigenvalue weighted by atomic mass is 19.1. The molecule has 0 aliphatic rings.